The van der Waals surface area contributed by atoms with Crippen LogP contribution in [-0.4, -0.2) is 23.7 Å². The maximum Gasteiger partial charge on any atom is 0.271 e. The van der Waals surface area contributed by atoms with Gasteiger partial charge in [0.05, 0.1) is 17.7 Å². The fraction of sp³-hybridized carbons (Fsp3) is 0.125. The summed E-state index contributed by atoms with van der Waals surface area (Å²) in [5, 5.41) is 14.7. The summed E-state index contributed by atoms with van der Waals surface area (Å²) in [6, 6.07) is 12.6. The van der Waals surface area contributed by atoms with Crippen LogP contribution in [0, 0.1) is 10.1 Å². The smallest absolute Gasteiger partial charge is 0.271 e. The molecule has 0 fully saturated rings. The number of amides is 1. The Bertz CT molecular complexity index is 754. The first-order chi connectivity index (χ1) is 11.0. The Labute approximate surface area is 132 Å². The number of methoxy groups -OCH3 is 1. The van der Waals surface area contributed by atoms with Gasteiger partial charge < -0.3 is 4.74 Å². The van der Waals surface area contributed by atoms with Crippen LogP contribution in [0.5, 0.6) is 5.75 Å². The number of hydrazone groups is 1. The van der Waals surface area contributed by atoms with Gasteiger partial charge in [0.25, 0.3) is 11.6 Å². The molecular weight excluding hydrogens is 298 g/mol. The lowest BCUT2D eigenvalue weighted by Crippen LogP contribution is -2.19. The number of rotatable bonds is 5. The zero-order valence-corrected chi connectivity index (χ0v) is 12.6. The SMILES string of the molecule is COc1ccc(C(=O)N/N=C(\C)c2cccc([N+](=O)[O-])c2)cc1. The third kappa shape index (κ3) is 4.13. The number of nitro groups is 1. The molecule has 0 bridgehead atoms. The Morgan fingerprint density at radius 2 is 1.87 bits per heavy atom. The van der Waals surface area contributed by atoms with Crippen LogP contribution in [0.25, 0.3) is 0 Å². The van der Waals surface area contributed by atoms with Gasteiger partial charge in [0, 0.05) is 23.3 Å². The third-order valence-electron chi connectivity index (χ3n) is 3.15. The lowest BCUT2D eigenvalue weighted by atomic mass is 10.1. The summed E-state index contributed by atoms with van der Waals surface area (Å²) in [6.07, 6.45) is 0. The monoisotopic (exact) mass is 313 g/mol. The number of hydrogen-bond donors (Lipinski definition) is 1. The maximum absolute atomic E-state index is 12.0. The van der Waals surface area contributed by atoms with Crippen molar-refractivity contribution < 1.29 is 14.5 Å². The molecule has 0 unspecified atom stereocenters. The molecule has 118 valence electrons. The van der Waals surface area contributed by atoms with Crippen LogP contribution < -0.4 is 10.2 Å². The van der Waals surface area contributed by atoms with Gasteiger partial charge in [-0.15, -0.1) is 0 Å². The number of benzene rings is 2. The van der Waals surface area contributed by atoms with Crippen LogP contribution in [0.1, 0.15) is 22.8 Å². The average molecular weight is 313 g/mol. The average Bonchev–Trinajstić information content (AvgIpc) is 2.59. The summed E-state index contributed by atoms with van der Waals surface area (Å²) in [4.78, 5) is 22.3. The number of carbonyl (C=O) groups excluding carboxylic acids is 1. The Morgan fingerprint density at radius 1 is 1.17 bits per heavy atom. The van der Waals surface area contributed by atoms with E-state index in [1.54, 1.807) is 50.4 Å². The largest absolute Gasteiger partial charge is 0.497 e. The third-order valence-corrected chi connectivity index (χ3v) is 3.15. The summed E-state index contributed by atoms with van der Waals surface area (Å²) >= 11 is 0. The van der Waals surface area contributed by atoms with Crippen LogP contribution >= 0.6 is 0 Å². The number of ether oxygens (including phenoxy) is 1. The van der Waals surface area contributed by atoms with Crippen molar-refractivity contribution in [2.45, 2.75) is 6.92 Å². The molecule has 0 heterocycles. The Balaban J connectivity index is 2.10. The topological polar surface area (TPSA) is 93.8 Å². The Hall–Kier alpha value is -3.22. The predicted octanol–water partition coefficient (Wildman–Crippen LogP) is 2.76. The minimum absolute atomic E-state index is 0.0291. The zero-order valence-electron chi connectivity index (χ0n) is 12.6. The molecule has 2 aromatic rings. The highest BCUT2D eigenvalue weighted by atomic mass is 16.6. The molecule has 2 rings (SSSR count). The highest BCUT2D eigenvalue weighted by Crippen LogP contribution is 2.14. The minimum Gasteiger partial charge on any atom is -0.497 e. The van der Waals surface area contributed by atoms with Gasteiger partial charge >= 0.3 is 0 Å². The van der Waals surface area contributed by atoms with Gasteiger partial charge in [-0.25, -0.2) is 5.43 Å². The Morgan fingerprint density at radius 3 is 2.48 bits per heavy atom. The fourth-order valence-electron chi connectivity index (χ4n) is 1.85. The van der Waals surface area contributed by atoms with E-state index in [0.717, 1.165) is 0 Å². The maximum atomic E-state index is 12.0. The molecule has 0 aliphatic heterocycles. The summed E-state index contributed by atoms with van der Waals surface area (Å²) in [5.74, 6) is 0.273. The van der Waals surface area contributed by atoms with Crippen molar-refractivity contribution in [3.8, 4) is 5.75 Å². The number of nitrogens with zero attached hydrogens (tertiary/aromatic N) is 2. The molecule has 0 aliphatic rings. The van der Waals surface area contributed by atoms with E-state index < -0.39 is 4.92 Å². The van der Waals surface area contributed by atoms with Crippen molar-refractivity contribution in [3.63, 3.8) is 0 Å². The molecule has 0 aromatic heterocycles. The first-order valence-corrected chi connectivity index (χ1v) is 6.75. The first-order valence-electron chi connectivity index (χ1n) is 6.75. The second-order valence-electron chi connectivity index (χ2n) is 4.67. The summed E-state index contributed by atoms with van der Waals surface area (Å²) < 4.78 is 5.02. The van der Waals surface area contributed by atoms with E-state index in [2.05, 4.69) is 10.5 Å². The molecule has 0 atom stereocenters. The second-order valence-corrected chi connectivity index (χ2v) is 4.67. The summed E-state index contributed by atoms with van der Waals surface area (Å²) in [6.45, 7) is 1.66. The number of carbonyl (C=O) groups is 1. The van der Waals surface area contributed by atoms with Gasteiger partial charge in [-0.1, -0.05) is 12.1 Å². The van der Waals surface area contributed by atoms with Crippen LogP contribution in [0.3, 0.4) is 0 Å². The van der Waals surface area contributed by atoms with Gasteiger partial charge in [-0.2, -0.15) is 5.10 Å². The second kappa shape index (κ2) is 7.17. The zero-order chi connectivity index (χ0) is 16.8. The molecule has 7 heteroatoms. The quantitative estimate of drug-likeness (QED) is 0.521. The Kier molecular flexibility index (Phi) is 5.03. The molecule has 0 spiro atoms. The summed E-state index contributed by atoms with van der Waals surface area (Å²) in [7, 11) is 1.54. The highest BCUT2D eigenvalue weighted by molar-refractivity contribution is 6.01. The standard InChI is InChI=1S/C16H15N3O4/c1-11(13-4-3-5-14(10-13)19(21)22)17-18-16(20)12-6-8-15(23-2)9-7-12/h3-10H,1-2H3,(H,18,20)/b17-11+. The molecule has 0 saturated heterocycles. The van der Waals surface area contributed by atoms with Crippen LogP contribution in [0.4, 0.5) is 5.69 Å². The van der Waals surface area contributed by atoms with Crippen molar-refractivity contribution in [1.29, 1.82) is 0 Å². The molecule has 0 saturated carbocycles. The van der Waals surface area contributed by atoms with Gasteiger partial charge in [0.1, 0.15) is 5.75 Å². The van der Waals surface area contributed by atoms with Gasteiger partial charge in [0.15, 0.2) is 0 Å². The fourth-order valence-corrected chi connectivity index (χ4v) is 1.85. The lowest BCUT2D eigenvalue weighted by molar-refractivity contribution is -0.384. The van der Waals surface area contributed by atoms with Crippen LogP contribution in [0.15, 0.2) is 53.6 Å². The van der Waals surface area contributed by atoms with Crippen molar-refractivity contribution in [2.24, 2.45) is 5.10 Å². The lowest BCUT2D eigenvalue weighted by Gasteiger charge is -2.04. The highest BCUT2D eigenvalue weighted by Gasteiger charge is 2.08. The number of nitrogens with one attached hydrogen (secondary N) is 1. The number of hydrogen-bond acceptors (Lipinski definition) is 5. The number of non-ortho nitro benzene ring substituents is 1. The molecule has 0 radical (unpaired) electrons. The van der Waals surface area contributed by atoms with Crippen LogP contribution in [-0.2, 0) is 0 Å². The van der Waals surface area contributed by atoms with E-state index in [9.17, 15) is 14.9 Å². The molecule has 0 aliphatic carbocycles. The molecule has 1 amide bonds. The molecule has 1 N–H and O–H groups in total. The van der Waals surface area contributed by atoms with Gasteiger partial charge in [-0.05, 0) is 31.2 Å². The van der Waals surface area contributed by atoms with E-state index in [-0.39, 0.29) is 11.6 Å². The van der Waals surface area contributed by atoms with Crippen molar-refractivity contribution >= 4 is 17.3 Å². The van der Waals surface area contributed by atoms with E-state index in [4.69, 9.17) is 4.74 Å². The van der Waals surface area contributed by atoms with Gasteiger partial charge in [0.2, 0.25) is 0 Å². The van der Waals surface area contributed by atoms with E-state index in [1.807, 2.05) is 0 Å². The van der Waals surface area contributed by atoms with E-state index in [0.29, 0.717) is 22.6 Å². The first kappa shape index (κ1) is 16.2. The molecule has 7 nitrogen and oxygen atoms in total. The molecule has 23 heavy (non-hydrogen) atoms. The van der Waals surface area contributed by atoms with E-state index in [1.165, 1.54) is 12.1 Å². The van der Waals surface area contributed by atoms with Crippen molar-refractivity contribution in [2.75, 3.05) is 7.11 Å². The van der Waals surface area contributed by atoms with Gasteiger partial charge in [-0.3, -0.25) is 14.9 Å². The van der Waals surface area contributed by atoms with E-state index >= 15 is 0 Å². The van der Waals surface area contributed by atoms with Crippen molar-refractivity contribution in [3.05, 3.63) is 69.8 Å². The normalized spacial score (nSPS) is 11.0. The summed E-state index contributed by atoms with van der Waals surface area (Å²) in [5.41, 5.74) is 3.86. The minimum atomic E-state index is -0.479. The number of nitro benzene ring substituents is 1. The predicted molar refractivity (Wildman–Crippen MR) is 85.8 cm³/mol. The molecule has 2 aromatic carbocycles. The molecular formula is C16H15N3O4. The van der Waals surface area contributed by atoms with Crippen molar-refractivity contribution in [1.82, 2.24) is 5.43 Å². The van der Waals surface area contributed by atoms with Crippen LogP contribution in [0.2, 0.25) is 0 Å².